The van der Waals surface area contributed by atoms with Crippen LogP contribution in [0.5, 0.6) is 0 Å². The molecule has 0 spiro atoms. The van der Waals surface area contributed by atoms with E-state index in [4.69, 9.17) is 5.11 Å². The second-order valence-corrected chi connectivity index (χ2v) is 6.47. The molecule has 5 nitrogen and oxygen atoms in total. The molecule has 0 aromatic rings. The number of carbonyl (C=O) groups excluding carboxylic acids is 1. The Morgan fingerprint density at radius 3 is 2.38 bits per heavy atom. The molecule has 1 atom stereocenters. The molecule has 2 heterocycles. The summed E-state index contributed by atoms with van der Waals surface area (Å²) in [5.74, 6) is 0.00275. The van der Waals surface area contributed by atoms with E-state index in [0.29, 0.717) is 32.5 Å². The summed E-state index contributed by atoms with van der Waals surface area (Å²) in [6.07, 6.45) is 6.10. The monoisotopic (exact) mass is 296 g/mol. The van der Waals surface area contributed by atoms with Crippen LogP contribution in [0.25, 0.3) is 0 Å². The SMILES string of the molecule is CCC1CCCN(CC(=O)N2CCC(C(=O)O)CC2)CC1. The van der Waals surface area contributed by atoms with E-state index in [2.05, 4.69) is 11.8 Å². The van der Waals surface area contributed by atoms with Gasteiger partial charge in [-0.1, -0.05) is 13.3 Å². The van der Waals surface area contributed by atoms with Gasteiger partial charge in [-0.05, 0) is 51.1 Å². The van der Waals surface area contributed by atoms with Crippen molar-refractivity contribution in [3.8, 4) is 0 Å². The van der Waals surface area contributed by atoms with Crippen molar-refractivity contribution in [3.63, 3.8) is 0 Å². The van der Waals surface area contributed by atoms with Crippen LogP contribution in [0.2, 0.25) is 0 Å². The lowest BCUT2D eigenvalue weighted by atomic mass is 9.97. The molecule has 21 heavy (non-hydrogen) atoms. The molecule has 0 radical (unpaired) electrons. The van der Waals surface area contributed by atoms with Gasteiger partial charge in [0.15, 0.2) is 0 Å². The van der Waals surface area contributed by atoms with Crippen molar-refractivity contribution in [1.29, 1.82) is 0 Å². The van der Waals surface area contributed by atoms with E-state index >= 15 is 0 Å². The van der Waals surface area contributed by atoms with Gasteiger partial charge in [0, 0.05) is 13.1 Å². The molecule has 1 unspecified atom stereocenters. The van der Waals surface area contributed by atoms with Crippen molar-refractivity contribution in [2.24, 2.45) is 11.8 Å². The van der Waals surface area contributed by atoms with Gasteiger partial charge in [-0.25, -0.2) is 0 Å². The smallest absolute Gasteiger partial charge is 0.306 e. The van der Waals surface area contributed by atoms with E-state index in [-0.39, 0.29) is 11.8 Å². The fourth-order valence-electron chi connectivity index (χ4n) is 3.46. The van der Waals surface area contributed by atoms with E-state index in [1.807, 2.05) is 4.90 Å². The number of carboxylic acids is 1. The summed E-state index contributed by atoms with van der Waals surface area (Å²) in [6, 6.07) is 0. The molecule has 0 aromatic carbocycles. The fourth-order valence-corrected chi connectivity index (χ4v) is 3.46. The van der Waals surface area contributed by atoms with Gasteiger partial charge in [0.05, 0.1) is 12.5 Å². The van der Waals surface area contributed by atoms with Gasteiger partial charge in [-0.2, -0.15) is 0 Å². The van der Waals surface area contributed by atoms with Crippen LogP contribution in [0.15, 0.2) is 0 Å². The minimum atomic E-state index is -0.722. The van der Waals surface area contributed by atoms with Crippen LogP contribution in [0, 0.1) is 11.8 Å². The number of likely N-dealkylation sites (tertiary alicyclic amines) is 2. The number of rotatable bonds is 4. The predicted octanol–water partition coefficient (Wildman–Crippen LogP) is 1.82. The maximum absolute atomic E-state index is 12.3. The molecule has 1 amide bonds. The highest BCUT2D eigenvalue weighted by Gasteiger charge is 2.28. The highest BCUT2D eigenvalue weighted by molar-refractivity contribution is 5.79. The number of amides is 1. The Labute approximate surface area is 127 Å². The molecule has 1 N–H and O–H groups in total. The van der Waals surface area contributed by atoms with Crippen molar-refractivity contribution in [2.45, 2.75) is 45.4 Å². The van der Waals surface area contributed by atoms with Crippen LogP contribution in [0.3, 0.4) is 0 Å². The van der Waals surface area contributed by atoms with Crippen molar-refractivity contribution >= 4 is 11.9 Å². The number of hydrogen-bond donors (Lipinski definition) is 1. The van der Waals surface area contributed by atoms with Gasteiger partial charge in [0.1, 0.15) is 0 Å². The van der Waals surface area contributed by atoms with Crippen LogP contribution in [-0.4, -0.2) is 59.5 Å². The van der Waals surface area contributed by atoms with Crippen molar-refractivity contribution in [1.82, 2.24) is 9.80 Å². The standard InChI is InChI=1S/C16H28N2O3/c1-2-13-4-3-8-17(9-5-13)12-15(19)18-10-6-14(7-11-18)16(20)21/h13-14H,2-12H2,1H3,(H,20,21). The lowest BCUT2D eigenvalue weighted by molar-refractivity contribution is -0.146. The average molecular weight is 296 g/mol. The molecule has 2 aliphatic heterocycles. The van der Waals surface area contributed by atoms with Gasteiger partial charge in [-0.15, -0.1) is 0 Å². The lowest BCUT2D eigenvalue weighted by Crippen LogP contribution is -2.45. The Morgan fingerprint density at radius 2 is 1.76 bits per heavy atom. The second-order valence-electron chi connectivity index (χ2n) is 6.47. The molecular weight excluding hydrogens is 268 g/mol. The van der Waals surface area contributed by atoms with Crippen LogP contribution >= 0.6 is 0 Å². The summed E-state index contributed by atoms with van der Waals surface area (Å²) in [7, 11) is 0. The Morgan fingerprint density at radius 1 is 1.05 bits per heavy atom. The molecule has 0 saturated carbocycles. The van der Waals surface area contributed by atoms with E-state index in [1.165, 1.54) is 25.7 Å². The Kier molecular flexibility index (Phi) is 6.03. The van der Waals surface area contributed by atoms with Crippen molar-refractivity contribution in [2.75, 3.05) is 32.7 Å². The molecule has 2 aliphatic rings. The highest BCUT2D eigenvalue weighted by atomic mass is 16.4. The molecule has 2 rings (SSSR count). The zero-order valence-electron chi connectivity index (χ0n) is 13.1. The topological polar surface area (TPSA) is 60.9 Å². The van der Waals surface area contributed by atoms with Crippen molar-refractivity contribution < 1.29 is 14.7 Å². The first-order valence-corrected chi connectivity index (χ1v) is 8.33. The Hall–Kier alpha value is -1.10. The third-order valence-corrected chi connectivity index (χ3v) is 5.07. The van der Waals surface area contributed by atoms with E-state index in [0.717, 1.165) is 19.0 Å². The van der Waals surface area contributed by atoms with E-state index < -0.39 is 5.97 Å². The zero-order chi connectivity index (χ0) is 15.2. The van der Waals surface area contributed by atoms with Crippen LogP contribution in [0.1, 0.15) is 45.4 Å². The Balaban J connectivity index is 1.75. The quantitative estimate of drug-likeness (QED) is 0.859. The lowest BCUT2D eigenvalue weighted by Gasteiger charge is -2.32. The minimum Gasteiger partial charge on any atom is -0.481 e. The molecule has 2 fully saturated rings. The average Bonchev–Trinajstić information content (AvgIpc) is 2.72. The summed E-state index contributed by atoms with van der Waals surface area (Å²) < 4.78 is 0. The van der Waals surface area contributed by atoms with Crippen molar-refractivity contribution in [3.05, 3.63) is 0 Å². The van der Waals surface area contributed by atoms with Gasteiger partial charge in [0.2, 0.25) is 5.91 Å². The van der Waals surface area contributed by atoms with Crippen LogP contribution in [0.4, 0.5) is 0 Å². The van der Waals surface area contributed by atoms with E-state index in [9.17, 15) is 9.59 Å². The summed E-state index contributed by atoms with van der Waals surface area (Å²) in [6.45, 7) is 6.00. The first-order valence-electron chi connectivity index (χ1n) is 8.33. The number of piperidine rings is 1. The molecule has 2 saturated heterocycles. The largest absolute Gasteiger partial charge is 0.481 e. The molecular formula is C16H28N2O3. The van der Waals surface area contributed by atoms with Crippen LogP contribution < -0.4 is 0 Å². The molecule has 5 heteroatoms. The summed E-state index contributed by atoms with van der Waals surface area (Å²) >= 11 is 0. The first-order chi connectivity index (χ1) is 10.1. The Bertz CT molecular complexity index is 365. The third kappa shape index (κ3) is 4.70. The molecule has 120 valence electrons. The number of aliphatic carboxylic acids is 1. The molecule has 0 aromatic heterocycles. The summed E-state index contributed by atoms with van der Waals surface area (Å²) in [5, 5.41) is 8.99. The van der Waals surface area contributed by atoms with Gasteiger partial charge < -0.3 is 10.0 Å². The maximum atomic E-state index is 12.3. The van der Waals surface area contributed by atoms with E-state index in [1.54, 1.807) is 0 Å². The predicted molar refractivity (Wildman–Crippen MR) is 81.0 cm³/mol. The van der Waals surface area contributed by atoms with Gasteiger partial charge >= 0.3 is 5.97 Å². The fraction of sp³-hybridized carbons (Fsp3) is 0.875. The third-order valence-electron chi connectivity index (χ3n) is 5.07. The number of carbonyl (C=O) groups is 2. The van der Waals surface area contributed by atoms with Gasteiger partial charge in [-0.3, -0.25) is 14.5 Å². The zero-order valence-corrected chi connectivity index (χ0v) is 13.1. The number of carboxylic acid groups (broad SMARTS) is 1. The van der Waals surface area contributed by atoms with Crippen LogP contribution in [-0.2, 0) is 9.59 Å². The maximum Gasteiger partial charge on any atom is 0.306 e. The molecule has 0 aliphatic carbocycles. The number of nitrogens with zero attached hydrogens (tertiary/aromatic N) is 2. The number of hydrogen-bond acceptors (Lipinski definition) is 3. The first kappa shape index (κ1) is 16.3. The summed E-state index contributed by atoms with van der Waals surface area (Å²) in [5.41, 5.74) is 0. The normalized spacial score (nSPS) is 25.6. The van der Waals surface area contributed by atoms with Gasteiger partial charge in [0.25, 0.3) is 0 Å². The minimum absolute atomic E-state index is 0.175. The second kappa shape index (κ2) is 7.78. The summed E-state index contributed by atoms with van der Waals surface area (Å²) in [4.78, 5) is 27.4. The highest BCUT2D eigenvalue weighted by Crippen LogP contribution is 2.21. The molecule has 0 bridgehead atoms.